The van der Waals surface area contributed by atoms with E-state index >= 15 is 0 Å². The Morgan fingerprint density at radius 1 is 1.09 bits per heavy atom. The van der Waals surface area contributed by atoms with Crippen molar-refractivity contribution in [2.45, 2.75) is 33.6 Å². The van der Waals surface area contributed by atoms with Crippen molar-refractivity contribution in [3.05, 3.63) is 62.5 Å². The van der Waals surface area contributed by atoms with Gasteiger partial charge in [0, 0.05) is 42.0 Å². The maximum atomic E-state index is 13.1. The molecule has 0 aliphatic carbocycles. The standard InChI is InChI=1S/C23H28N2O8S/c1-5-31-22(27)19-14(3)24-18(13-34-11-10-33-15(4)26)21(23(28)32-6-2)20(19)16-8-7-9-17(12-16)25(29)30/h7-9,12,20,24H,5-6,10-11,13H2,1-4H3. The second kappa shape index (κ2) is 12.8. The highest BCUT2D eigenvalue weighted by Crippen LogP contribution is 2.40. The molecule has 11 heteroatoms. The van der Waals surface area contributed by atoms with Crippen LogP contribution in [0.4, 0.5) is 5.69 Å². The zero-order valence-corrected chi connectivity index (χ0v) is 20.4. The summed E-state index contributed by atoms with van der Waals surface area (Å²) in [6.45, 7) is 6.77. The summed E-state index contributed by atoms with van der Waals surface area (Å²) in [4.78, 5) is 47.9. The van der Waals surface area contributed by atoms with Gasteiger partial charge in [0.05, 0.1) is 35.2 Å². The van der Waals surface area contributed by atoms with E-state index in [2.05, 4.69) is 5.32 Å². The predicted molar refractivity (Wildman–Crippen MR) is 126 cm³/mol. The number of ether oxygens (including phenoxy) is 3. The van der Waals surface area contributed by atoms with E-state index in [-0.39, 0.29) is 42.6 Å². The minimum absolute atomic E-state index is 0.105. The molecule has 184 valence electrons. The number of hydrogen-bond donors (Lipinski definition) is 1. The Hall–Kier alpha value is -3.34. The van der Waals surface area contributed by atoms with Gasteiger partial charge in [-0.15, -0.1) is 0 Å². The summed E-state index contributed by atoms with van der Waals surface area (Å²) >= 11 is 1.42. The molecular formula is C23H28N2O8S. The zero-order chi connectivity index (χ0) is 25.3. The predicted octanol–water partition coefficient (Wildman–Crippen LogP) is 3.23. The van der Waals surface area contributed by atoms with E-state index in [1.807, 2.05) is 0 Å². The van der Waals surface area contributed by atoms with Crippen LogP contribution in [0.2, 0.25) is 0 Å². The lowest BCUT2D eigenvalue weighted by atomic mass is 9.80. The van der Waals surface area contributed by atoms with Gasteiger partial charge in [0.2, 0.25) is 0 Å². The van der Waals surface area contributed by atoms with Crippen molar-refractivity contribution >= 4 is 35.4 Å². The maximum Gasteiger partial charge on any atom is 0.336 e. The van der Waals surface area contributed by atoms with E-state index in [0.717, 1.165) is 0 Å². The average Bonchev–Trinajstić information content (AvgIpc) is 2.78. The molecule has 0 fully saturated rings. The Morgan fingerprint density at radius 2 is 1.74 bits per heavy atom. The van der Waals surface area contributed by atoms with E-state index in [1.54, 1.807) is 26.8 Å². The Bertz CT molecular complexity index is 1020. The molecule has 1 aliphatic rings. The normalized spacial score (nSPS) is 15.5. The lowest BCUT2D eigenvalue weighted by Gasteiger charge is -2.31. The first-order chi connectivity index (χ1) is 16.2. The molecule has 0 spiro atoms. The van der Waals surface area contributed by atoms with Gasteiger partial charge < -0.3 is 19.5 Å². The fourth-order valence-corrected chi connectivity index (χ4v) is 4.29. The molecule has 0 radical (unpaired) electrons. The molecule has 1 heterocycles. The first-order valence-corrected chi connectivity index (χ1v) is 11.9. The van der Waals surface area contributed by atoms with Crippen LogP contribution in [0.5, 0.6) is 0 Å². The van der Waals surface area contributed by atoms with Crippen LogP contribution >= 0.6 is 11.8 Å². The Balaban J connectivity index is 2.58. The van der Waals surface area contributed by atoms with Crippen molar-refractivity contribution in [2.75, 3.05) is 31.3 Å². The van der Waals surface area contributed by atoms with Crippen LogP contribution in [0.25, 0.3) is 0 Å². The van der Waals surface area contributed by atoms with Gasteiger partial charge in [0.15, 0.2) is 0 Å². The molecule has 34 heavy (non-hydrogen) atoms. The number of nitrogens with one attached hydrogen (secondary N) is 1. The molecule has 0 amide bonds. The number of nitrogens with zero attached hydrogens (tertiary/aromatic N) is 1. The van der Waals surface area contributed by atoms with Crippen LogP contribution in [-0.2, 0) is 28.6 Å². The number of allylic oxidation sites excluding steroid dienone is 1. The quantitative estimate of drug-likeness (QED) is 0.161. The van der Waals surface area contributed by atoms with Crippen LogP contribution in [0.1, 0.15) is 39.2 Å². The van der Waals surface area contributed by atoms with E-state index in [9.17, 15) is 24.5 Å². The molecule has 0 bridgehead atoms. The van der Waals surface area contributed by atoms with Gasteiger partial charge >= 0.3 is 17.9 Å². The number of thioether (sulfide) groups is 1. The number of esters is 3. The minimum atomic E-state index is -0.927. The van der Waals surface area contributed by atoms with Crippen LogP contribution in [0.15, 0.2) is 46.8 Å². The van der Waals surface area contributed by atoms with E-state index in [0.29, 0.717) is 28.5 Å². The first kappa shape index (κ1) is 26.9. The van der Waals surface area contributed by atoms with E-state index < -0.39 is 22.8 Å². The van der Waals surface area contributed by atoms with Crippen molar-refractivity contribution < 1.29 is 33.5 Å². The Kier molecular flexibility index (Phi) is 10.1. The Labute approximate surface area is 201 Å². The molecule has 1 atom stereocenters. The molecule has 1 aromatic carbocycles. The fourth-order valence-electron chi connectivity index (χ4n) is 3.51. The molecular weight excluding hydrogens is 464 g/mol. The van der Waals surface area contributed by atoms with Crippen LogP contribution in [0, 0.1) is 10.1 Å². The third-order valence-electron chi connectivity index (χ3n) is 4.83. The van der Waals surface area contributed by atoms with Gasteiger partial charge in [-0.1, -0.05) is 12.1 Å². The smallest absolute Gasteiger partial charge is 0.336 e. The van der Waals surface area contributed by atoms with Crippen molar-refractivity contribution in [3.8, 4) is 0 Å². The Morgan fingerprint density at radius 3 is 2.32 bits per heavy atom. The summed E-state index contributed by atoms with van der Waals surface area (Å²) in [6.07, 6.45) is 0. The number of carbonyl (C=O) groups is 3. The van der Waals surface area contributed by atoms with Gasteiger partial charge in [-0.25, -0.2) is 9.59 Å². The minimum Gasteiger partial charge on any atom is -0.465 e. The third kappa shape index (κ3) is 6.83. The van der Waals surface area contributed by atoms with Crippen molar-refractivity contribution in [1.29, 1.82) is 0 Å². The lowest BCUT2D eigenvalue weighted by Crippen LogP contribution is -2.34. The maximum absolute atomic E-state index is 13.1. The topological polar surface area (TPSA) is 134 Å². The summed E-state index contributed by atoms with van der Waals surface area (Å²) in [6, 6.07) is 5.81. The van der Waals surface area contributed by atoms with Crippen LogP contribution in [0.3, 0.4) is 0 Å². The van der Waals surface area contributed by atoms with Crippen LogP contribution in [-0.4, -0.2) is 54.2 Å². The molecule has 0 saturated carbocycles. The van der Waals surface area contributed by atoms with Gasteiger partial charge in [-0.05, 0) is 26.3 Å². The number of rotatable bonds is 11. The summed E-state index contributed by atoms with van der Waals surface area (Å²) in [5.41, 5.74) is 1.56. The highest BCUT2D eigenvalue weighted by atomic mass is 32.2. The van der Waals surface area contributed by atoms with Gasteiger partial charge in [0.1, 0.15) is 6.61 Å². The van der Waals surface area contributed by atoms with E-state index in [4.69, 9.17) is 14.2 Å². The average molecular weight is 493 g/mol. The van der Waals surface area contributed by atoms with Gasteiger partial charge in [-0.3, -0.25) is 14.9 Å². The highest BCUT2D eigenvalue weighted by Gasteiger charge is 2.39. The van der Waals surface area contributed by atoms with Crippen molar-refractivity contribution in [1.82, 2.24) is 5.32 Å². The monoisotopic (exact) mass is 492 g/mol. The second-order valence-corrected chi connectivity index (χ2v) is 8.28. The van der Waals surface area contributed by atoms with Crippen LogP contribution < -0.4 is 5.32 Å². The van der Waals surface area contributed by atoms with Gasteiger partial charge in [-0.2, -0.15) is 11.8 Å². The van der Waals surface area contributed by atoms with Gasteiger partial charge in [0.25, 0.3) is 5.69 Å². The molecule has 0 aromatic heterocycles. The number of non-ortho nitro benzene ring substituents is 1. The molecule has 1 aliphatic heterocycles. The molecule has 1 unspecified atom stereocenters. The summed E-state index contributed by atoms with van der Waals surface area (Å²) < 4.78 is 15.5. The van der Waals surface area contributed by atoms with Crippen molar-refractivity contribution in [3.63, 3.8) is 0 Å². The van der Waals surface area contributed by atoms with E-state index in [1.165, 1.54) is 36.9 Å². The second-order valence-electron chi connectivity index (χ2n) is 7.17. The number of hydrogen-bond acceptors (Lipinski definition) is 10. The zero-order valence-electron chi connectivity index (χ0n) is 19.5. The molecule has 10 nitrogen and oxygen atoms in total. The fraction of sp³-hybridized carbons (Fsp3) is 0.435. The summed E-state index contributed by atoms with van der Waals surface area (Å²) in [7, 11) is 0. The number of dihydropyridines is 1. The molecule has 0 saturated heterocycles. The largest absolute Gasteiger partial charge is 0.465 e. The van der Waals surface area contributed by atoms with Crippen molar-refractivity contribution in [2.24, 2.45) is 0 Å². The summed E-state index contributed by atoms with van der Waals surface area (Å²) in [5, 5.41) is 14.5. The summed E-state index contributed by atoms with van der Waals surface area (Å²) in [5.74, 6) is -1.78. The number of nitro groups is 1. The molecule has 1 aromatic rings. The SMILES string of the molecule is CCOC(=O)C1=C(C)NC(CSCCOC(C)=O)=C(C(=O)OCC)C1c1cccc([N+](=O)[O-])c1. The first-order valence-electron chi connectivity index (χ1n) is 10.7. The highest BCUT2D eigenvalue weighted by molar-refractivity contribution is 7.99. The molecule has 2 rings (SSSR count). The lowest BCUT2D eigenvalue weighted by molar-refractivity contribution is -0.384. The molecule has 1 N–H and O–H groups in total. The number of carbonyl (C=O) groups excluding carboxylic acids is 3. The number of benzene rings is 1. The third-order valence-corrected chi connectivity index (χ3v) is 5.78. The number of nitro benzene ring substituents is 1.